The van der Waals surface area contributed by atoms with E-state index >= 15 is 0 Å². The van der Waals surface area contributed by atoms with Crippen molar-refractivity contribution in [3.8, 4) is 34.2 Å². The lowest BCUT2D eigenvalue weighted by molar-refractivity contribution is 0.0737. The highest BCUT2D eigenvalue weighted by molar-refractivity contribution is 6.00. The number of fused-ring (bicyclic) bond motifs is 1. The van der Waals surface area contributed by atoms with Crippen LogP contribution >= 0.6 is 0 Å². The average Bonchev–Trinajstić information content (AvgIpc) is 3.19. The fraction of sp³-hybridized carbons (Fsp3) is 0.0345. The fourth-order valence-corrected chi connectivity index (χ4v) is 4.16. The number of benzene rings is 3. The van der Waals surface area contributed by atoms with Crippen molar-refractivity contribution in [2.24, 2.45) is 0 Å². The number of hydrogen-bond donors (Lipinski definition) is 0. The molecule has 0 saturated heterocycles. The van der Waals surface area contributed by atoms with Crippen LogP contribution in [0.3, 0.4) is 0 Å². The Morgan fingerprint density at radius 1 is 0.818 bits per heavy atom. The van der Waals surface area contributed by atoms with E-state index in [1.54, 1.807) is 12.1 Å². The highest BCUT2D eigenvalue weighted by Crippen LogP contribution is 2.45. The summed E-state index contributed by atoms with van der Waals surface area (Å²) in [6.07, 6.45) is 1.90. The number of carbonyl (C=O) groups is 1. The van der Waals surface area contributed by atoms with E-state index in [-0.39, 0.29) is 0 Å². The SMILES string of the molecule is Cc1ccccc1C(=O)Oc1c(-c2ccccc2)c(-c2ccccc2)n2cccc(C#N)c12. The first-order valence-electron chi connectivity index (χ1n) is 10.6. The van der Waals surface area contributed by atoms with Crippen molar-refractivity contribution in [2.75, 3.05) is 0 Å². The molecule has 4 nitrogen and oxygen atoms in total. The number of carbonyl (C=O) groups excluding carboxylic acids is 1. The molecule has 33 heavy (non-hydrogen) atoms. The van der Waals surface area contributed by atoms with Crippen LogP contribution in [0.5, 0.6) is 5.75 Å². The largest absolute Gasteiger partial charge is 0.420 e. The van der Waals surface area contributed by atoms with Crippen molar-refractivity contribution in [1.29, 1.82) is 5.26 Å². The smallest absolute Gasteiger partial charge is 0.343 e. The molecule has 0 amide bonds. The van der Waals surface area contributed by atoms with Gasteiger partial charge in [0.1, 0.15) is 11.6 Å². The zero-order chi connectivity index (χ0) is 22.8. The zero-order valence-electron chi connectivity index (χ0n) is 18.0. The summed E-state index contributed by atoms with van der Waals surface area (Å²) in [4.78, 5) is 13.3. The number of pyridine rings is 1. The van der Waals surface area contributed by atoms with E-state index in [2.05, 4.69) is 6.07 Å². The second-order valence-corrected chi connectivity index (χ2v) is 7.74. The molecule has 0 bridgehead atoms. The number of aromatic nitrogens is 1. The van der Waals surface area contributed by atoms with Crippen LogP contribution in [-0.4, -0.2) is 10.4 Å². The zero-order valence-corrected chi connectivity index (χ0v) is 18.0. The summed E-state index contributed by atoms with van der Waals surface area (Å²) in [5, 5.41) is 9.89. The summed E-state index contributed by atoms with van der Waals surface area (Å²) in [5.74, 6) is -0.0735. The Morgan fingerprint density at radius 2 is 1.45 bits per heavy atom. The summed E-state index contributed by atoms with van der Waals surface area (Å²) in [5.41, 5.74) is 5.82. The van der Waals surface area contributed by atoms with Gasteiger partial charge < -0.3 is 9.14 Å². The maximum Gasteiger partial charge on any atom is 0.343 e. The van der Waals surface area contributed by atoms with Crippen molar-refractivity contribution in [1.82, 2.24) is 4.40 Å². The average molecular weight is 428 g/mol. The van der Waals surface area contributed by atoms with Gasteiger partial charge in [-0.25, -0.2) is 4.79 Å². The molecule has 0 aliphatic carbocycles. The van der Waals surface area contributed by atoms with Crippen molar-refractivity contribution in [3.63, 3.8) is 0 Å². The first kappa shape index (κ1) is 20.3. The lowest BCUT2D eigenvalue weighted by atomic mass is 10.0. The molecule has 5 rings (SSSR count). The molecule has 158 valence electrons. The van der Waals surface area contributed by atoms with E-state index in [0.29, 0.717) is 22.4 Å². The molecule has 0 saturated carbocycles. The fourth-order valence-electron chi connectivity index (χ4n) is 4.16. The minimum absolute atomic E-state index is 0.380. The second-order valence-electron chi connectivity index (χ2n) is 7.74. The predicted octanol–water partition coefficient (Wildman–Crippen LogP) is 6.67. The molecule has 0 N–H and O–H groups in total. The molecule has 0 radical (unpaired) electrons. The summed E-state index contributed by atoms with van der Waals surface area (Å²) in [6.45, 7) is 1.88. The molecular formula is C29H20N2O2. The molecule has 0 unspecified atom stereocenters. The Morgan fingerprint density at radius 3 is 2.12 bits per heavy atom. The first-order valence-corrected chi connectivity index (χ1v) is 10.6. The lowest BCUT2D eigenvalue weighted by Gasteiger charge is -2.10. The van der Waals surface area contributed by atoms with E-state index in [4.69, 9.17) is 4.74 Å². The summed E-state index contributed by atoms with van der Waals surface area (Å²) >= 11 is 0. The van der Waals surface area contributed by atoms with Crippen LogP contribution in [0.15, 0.2) is 103 Å². The van der Waals surface area contributed by atoms with Crippen molar-refractivity contribution >= 4 is 11.5 Å². The van der Waals surface area contributed by atoms with E-state index in [9.17, 15) is 10.1 Å². The van der Waals surface area contributed by atoms with Crippen molar-refractivity contribution in [2.45, 2.75) is 6.92 Å². The van der Waals surface area contributed by atoms with Gasteiger partial charge in [0.15, 0.2) is 5.75 Å². The minimum atomic E-state index is -0.454. The quantitative estimate of drug-likeness (QED) is 0.300. The number of nitriles is 1. The molecule has 0 fully saturated rings. The van der Waals surface area contributed by atoms with Gasteiger partial charge in [-0.3, -0.25) is 0 Å². The van der Waals surface area contributed by atoms with Crippen LogP contribution in [0.25, 0.3) is 27.9 Å². The van der Waals surface area contributed by atoms with E-state index in [0.717, 1.165) is 27.9 Å². The van der Waals surface area contributed by atoms with Gasteiger partial charge in [-0.2, -0.15) is 5.26 Å². The Labute approximate surface area is 191 Å². The van der Waals surface area contributed by atoms with E-state index in [1.165, 1.54) is 0 Å². The summed E-state index contributed by atoms with van der Waals surface area (Å²) < 4.78 is 8.06. The molecule has 5 aromatic rings. The minimum Gasteiger partial charge on any atom is -0.420 e. The number of aryl methyl sites for hydroxylation is 1. The third-order valence-corrected chi connectivity index (χ3v) is 5.70. The molecule has 0 atom stereocenters. The van der Waals surface area contributed by atoms with Gasteiger partial charge in [-0.05, 0) is 41.8 Å². The number of rotatable bonds is 4. The lowest BCUT2D eigenvalue weighted by Crippen LogP contribution is -2.10. The second kappa shape index (κ2) is 8.49. The first-order chi connectivity index (χ1) is 16.2. The van der Waals surface area contributed by atoms with Gasteiger partial charge >= 0.3 is 5.97 Å². The molecule has 0 aliphatic heterocycles. The maximum absolute atomic E-state index is 13.3. The number of ether oxygens (including phenoxy) is 1. The normalized spacial score (nSPS) is 10.7. The van der Waals surface area contributed by atoms with Crippen LogP contribution in [0.4, 0.5) is 0 Å². The van der Waals surface area contributed by atoms with Crippen LogP contribution < -0.4 is 4.74 Å². The van der Waals surface area contributed by atoms with Gasteiger partial charge in [0.25, 0.3) is 0 Å². The third kappa shape index (κ3) is 3.56. The van der Waals surface area contributed by atoms with Crippen LogP contribution in [0, 0.1) is 18.3 Å². The number of esters is 1. The van der Waals surface area contributed by atoms with Gasteiger partial charge in [-0.1, -0.05) is 78.9 Å². The van der Waals surface area contributed by atoms with Crippen LogP contribution in [-0.2, 0) is 0 Å². The predicted molar refractivity (Wildman–Crippen MR) is 129 cm³/mol. The van der Waals surface area contributed by atoms with Crippen molar-refractivity contribution < 1.29 is 9.53 Å². The van der Waals surface area contributed by atoms with Crippen LogP contribution in [0.2, 0.25) is 0 Å². The maximum atomic E-state index is 13.3. The molecule has 2 aromatic heterocycles. The Kier molecular flexibility index (Phi) is 5.22. The van der Waals surface area contributed by atoms with Crippen molar-refractivity contribution in [3.05, 3.63) is 120 Å². The van der Waals surface area contributed by atoms with E-state index in [1.807, 2.05) is 102 Å². The summed E-state index contributed by atoms with van der Waals surface area (Å²) in [7, 11) is 0. The van der Waals surface area contributed by atoms with Crippen LogP contribution in [0.1, 0.15) is 21.5 Å². The Balaban J connectivity index is 1.85. The standard InChI is InChI=1S/C29H20N2O2/c1-20-11-8-9-17-24(20)29(32)33-28-25(21-12-4-2-5-13-21)26(22-14-6-3-7-15-22)31-18-10-16-23(19-30)27(28)31/h2-18H,1H3. The van der Waals surface area contributed by atoms with Gasteiger partial charge in [0.2, 0.25) is 0 Å². The number of nitrogens with zero attached hydrogens (tertiary/aromatic N) is 2. The van der Waals surface area contributed by atoms with Gasteiger partial charge in [0, 0.05) is 6.20 Å². The Bertz CT molecular complexity index is 1510. The monoisotopic (exact) mass is 428 g/mol. The van der Waals surface area contributed by atoms with Gasteiger partial charge in [-0.15, -0.1) is 0 Å². The molecule has 3 aromatic carbocycles. The molecule has 0 aliphatic rings. The molecule has 0 spiro atoms. The summed E-state index contributed by atoms with van der Waals surface area (Å²) in [6, 6.07) is 32.9. The highest BCUT2D eigenvalue weighted by Gasteiger charge is 2.26. The highest BCUT2D eigenvalue weighted by atomic mass is 16.5. The molecular weight excluding hydrogens is 408 g/mol. The third-order valence-electron chi connectivity index (χ3n) is 5.70. The molecule has 4 heteroatoms. The van der Waals surface area contributed by atoms with E-state index < -0.39 is 5.97 Å². The Hall–Kier alpha value is -4.62. The van der Waals surface area contributed by atoms with Gasteiger partial charge in [0.05, 0.1) is 22.4 Å². The topological polar surface area (TPSA) is 54.5 Å². The molecule has 2 heterocycles. The number of hydrogen-bond acceptors (Lipinski definition) is 3.